The zero-order chi connectivity index (χ0) is 29.6. The van der Waals surface area contributed by atoms with Crippen LogP contribution < -0.4 is 14.8 Å². The van der Waals surface area contributed by atoms with Crippen molar-refractivity contribution in [1.82, 2.24) is 5.32 Å². The Bertz CT molecular complexity index is 1170. The van der Waals surface area contributed by atoms with Crippen LogP contribution in [0.5, 0.6) is 11.5 Å². The molecule has 0 saturated heterocycles. The lowest BCUT2D eigenvalue weighted by molar-refractivity contribution is -0.275. The Labute approximate surface area is 223 Å². The molecule has 0 fully saturated rings. The fourth-order valence-electron chi connectivity index (χ4n) is 4.27. The Morgan fingerprint density at radius 1 is 0.675 bits per heavy atom. The van der Waals surface area contributed by atoms with E-state index in [1.54, 1.807) is 30.3 Å². The molecule has 13 heteroatoms. The molecule has 3 rings (SSSR count). The molecule has 0 aliphatic rings. The monoisotopic (exact) mass is 581 g/mol. The van der Waals surface area contributed by atoms with E-state index in [0.29, 0.717) is 0 Å². The van der Waals surface area contributed by atoms with Gasteiger partial charge in [-0.05, 0) is 53.8 Å². The van der Waals surface area contributed by atoms with Gasteiger partial charge in [-0.2, -0.15) is 13.2 Å². The smallest absolute Gasteiger partial charge is 0.406 e. The molecule has 0 unspecified atom stereocenters. The van der Waals surface area contributed by atoms with Crippen LogP contribution in [-0.4, -0.2) is 43.2 Å². The van der Waals surface area contributed by atoms with Gasteiger partial charge in [-0.25, -0.2) is 0 Å². The summed E-state index contributed by atoms with van der Waals surface area (Å²) in [5.41, 5.74) is -0.517. The van der Waals surface area contributed by atoms with Crippen molar-refractivity contribution in [1.29, 1.82) is 0 Å². The number of aliphatic hydroxyl groups excluding tert-OH is 1. The van der Waals surface area contributed by atoms with E-state index in [1.165, 1.54) is 24.3 Å². The Morgan fingerprint density at radius 3 is 1.62 bits per heavy atom. The van der Waals surface area contributed by atoms with Gasteiger partial charge in [0.25, 0.3) is 0 Å². The number of benzene rings is 3. The molecule has 2 N–H and O–H groups in total. The second-order valence-electron chi connectivity index (χ2n) is 8.91. The van der Waals surface area contributed by atoms with Gasteiger partial charge in [-0.15, -0.1) is 26.3 Å². The van der Waals surface area contributed by atoms with Crippen LogP contribution in [0.1, 0.15) is 23.1 Å². The van der Waals surface area contributed by atoms with Crippen molar-refractivity contribution >= 4 is 0 Å². The highest BCUT2D eigenvalue weighted by atomic mass is 19.4. The molecule has 0 spiro atoms. The topological polar surface area (TPSA) is 50.7 Å². The van der Waals surface area contributed by atoms with E-state index in [-0.39, 0.29) is 24.0 Å². The van der Waals surface area contributed by atoms with E-state index in [9.17, 15) is 44.6 Å². The third-order valence-corrected chi connectivity index (χ3v) is 6.07. The Balaban J connectivity index is 2.14. The third kappa shape index (κ3) is 9.05. The second-order valence-corrected chi connectivity index (χ2v) is 8.91. The van der Waals surface area contributed by atoms with Crippen molar-refractivity contribution in [2.45, 2.75) is 43.3 Å². The first-order valence-electron chi connectivity index (χ1n) is 11.8. The first kappa shape index (κ1) is 31.1. The van der Waals surface area contributed by atoms with Gasteiger partial charge in [0.2, 0.25) is 0 Å². The van der Waals surface area contributed by atoms with E-state index >= 15 is 0 Å². The Hall–Kier alpha value is -3.45. The average Bonchev–Trinajstić information content (AvgIpc) is 2.84. The lowest BCUT2D eigenvalue weighted by atomic mass is 9.70. The maximum atomic E-state index is 13.0. The summed E-state index contributed by atoms with van der Waals surface area (Å²) in [7, 11) is 0. The molecular weight excluding hydrogens is 557 g/mol. The summed E-state index contributed by atoms with van der Waals surface area (Å²) in [4.78, 5) is 0. The maximum absolute atomic E-state index is 13.0. The zero-order valence-electron chi connectivity index (χ0n) is 20.6. The summed E-state index contributed by atoms with van der Waals surface area (Å²) in [5, 5.41) is 12.0. The quantitative estimate of drug-likeness (QED) is 0.242. The van der Waals surface area contributed by atoms with Crippen molar-refractivity contribution in [3.8, 4) is 11.5 Å². The number of halogens is 9. The molecule has 40 heavy (non-hydrogen) atoms. The fourth-order valence-corrected chi connectivity index (χ4v) is 4.27. The number of aliphatic hydroxyl groups is 1. The van der Waals surface area contributed by atoms with Crippen molar-refractivity contribution in [3.05, 3.63) is 95.6 Å². The highest BCUT2D eigenvalue weighted by Crippen LogP contribution is 2.40. The molecule has 0 aliphatic carbocycles. The summed E-state index contributed by atoms with van der Waals surface area (Å²) in [6.07, 6.45) is -17.6. The normalized spacial score (nSPS) is 13.7. The third-order valence-electron chi connectivity index (χ3n) is 6.07. The largest absolute Gasteiger partial charge is 0.573 e. The van der Waals surface area contributed by atoms with E-state index in [2.05, 4.69) is 14.8 Å². The van der Waals surface area contributed by atoms with Crippen molar-refractivity contribution in [2.75, 3.05) is 13.1 Å². The van der Waals surface area contributed by atoms with Crippen molar-refractivity contribution in [2.24, 2.45) is 0 Å². The van der Waals surface area contributed by atoms with Gasteiger partial charge in [0.05, 0.1) is 0 Å². The summed E-state index contributed by atoms with van der Waals surface area (Å²) in [5.74, 6) is -1.26. The highest BCUT2D eigenvalue weighted by molar-refractivity contribution is 5.46. The van der Waals surface area contributed by atoms with Gasteiger partial charge in [-0.1, -0.05) is 54.6 Å². The predicted octanol–water partition coefficient (Wildman–Crippen LogP) is 6.92. The number of hydrogen-bond donors (Lipinski definition) is 2. The lowest BCUT2D eigenvalue weighted by Crippen LogP contribution is -2.45. The van der Waals surface area contributed by atoms with Gasteiger partial charge >= 0.3 is 18.9 Å². The van der Waals surface area contributed by atoms with Gasteiger partial charge in [0.15, 0.2) is 6.10 Å². The molecule has 1 atom stereocenters. The van der Waals surface area contributed by atoms with Gasteiger partial charge in [0, 0.05) is 18.5 Å². The number of hydrogen-bond acceptors (Lipinski definition) is 4. The van der Waals surface area contributed by atoms with Crippen LogP contribution in [0.15, 0.2) is 78.9 Å². The van der Waals surface area contributed by atoms with Gasteiger partial charge in [0.1, 0.15) is 11.5 Å². The van der Waals surface area contributed by atoms with E-state index in [4.69, 9.17) is 0 Å². The molecule has 3 aromatic carbocycles. The van der Waals surface area contributed by atoms with Gasteiger partial charge < -0.3 is 19.9 Å². The van der Waals surface area contributed by atoms with Crippen LogP contribution in [0.3, 0.4) is 0 Å². The molecule has 0 amide bonds. The molecule has 0 heterocycles. The standard InChI is InChI=1S/C27H24F9NO3/c28-25(29,30)23(38)16-37-17-24(13-12-18-6-2-1-3-7-18,19-8-4-10-21(14-19)39-26(31,32)33)20-9-5-11-22(15-20)40-27(34,35)36/h1-11,14-15,23,37-38H,12-13,16-17H2/t23-/m0/s1. The molecule has 0 aromatic heterocycles. The Morgan fingerprint density at radius 2 is 1.18 bits per heavy atom. The molecule has 4 nitrogen and oxygen atoms in total. The number of aryl methyl sites for hydroxylation is 1. The van der Waals surface area contributed by atoms with Crippen LogP contribution in [-0.2, 0) is 11.8 Å². The minimum Gasteiger partial charge on any atom is -0.406 e. The van der Waals surface area contributed by atoms with Crippen LogP contribution >= 0.6 is 0 Å². The van der Waals surface area contributed by atoms with Crippen LogP contribution in [0.2, 0.25) is 0 Å². The van der Waals surface area contributed by atoms with Crippen LogP contribution in [0.4, 0.5) is 39.5 Å². The highest BCUT2D eigenvalue weighted by Gasteiger charge is 2.40. The predicted molar refractivity (Wildman–Crippen MR) is 127 cm³/mol. The van der Waals surface area contributed by atoms with E-state index in [0.717, 1.165) is 29.8 Å². The first-order valence-corrected chi connectivity index (χ1v) is 11.8. The number of ether oxygens (including phenoxy) is 2. The minimum atomic E-state index is -5.05. The van der Waals surface area contributed by atoms with Crippen molar-refractivity contribution < 1.29 is 54.1 Å². The minimum absolute atomic E-state index is 0.0249. The lowest BCUT2D eigenvalue weighted by Gasteiger charge is -2.37. The number of nitrogens with one attached hydrogen (secondary N) is 1. The van der Waals surface area contributed by atoms with Gasteiger partial charge in [-0.3, -0.25) is 0 Å². The number of rotatable bonds is 11. The van der Waals surface area contributed by atoms with Crippen molar-refractivity contribution in [3.63, 3.8) is 0 Å². The second kappa shape index (κ2) is 12.4. The summed E-state index contributed by atoms with van der Waals surface area (Å²) < 4.78 is 125. The van der Waals surface area contributed by atoms with E-state index in [1.807, 2.05) is 0 Å². The zero-order valence-corrected chi connectivity index (χ0v) is 20.6. The summed E-state index contributed by atoms with van der Waals surface area (Å²) in [6, 6.07) is 18.0. The molecule has 0 aliphatic heterocycles. The molecule has 0 radical (unpaired) electrons. The van der Waals surface area contributed by atoms with Crippen LogP contribution in [0, 0.1) is 0 Å². The Kier molecular flexibility index (Phi) is 9.62. The molecular formula is C27H24F9NO3. The molecule has 0 bridgehead atoms. The summed E-state index contributed by atoms with van der Waals surface area (Å²) >= 11 is 0. The van der Waals surface area contributed by atoms with E-state index < -0.39 is 55.0 Å². The first-order chi connectivity index (χ1) is 18.6. The summed E-state index contributed by atoms with van der Waals surface area (Å²) in [6.45, 7) is -1.38. The molecule has 3 aromatic rings. The molecule has 0 saturated carbocycles. The maximum Gasteiger partial charge on any atom is 0.573 e. The SMILES string of the molecule is O[C@@H](CNCC(CCc1ccccc1)(c1cccc(OC(F)(F)F)c1)c1cccc(OC(F)(F)F)c1)C(F)(F)F. The number of alkyl halides is 9. The molecule has 218 valence electrons. The van der Waals surface area contributed by atoms with Crippen LogP contribution in [0.25, 0.3) is 0 Å². The fraction of sp³-hybridized carbons (Fsp3) is 0.333. The average molecular weight is 581 g/mol.